The molecule has 1 heterocycles. The summed E-state index contributed by atoms with van der Waals surface area (Å²) in [5.41, 5.74) is 4.84. The first kappa shape index (κ1) is 20.6. The summed E-state index contributed by atoms with van der Waals surface area (Å²) in [6.07, 6.45) is 2.58. The number of rotatable bonds is 7. The van der Waals surface area contributed by atoms with E-state index < -0.39 is 0 Å². The predicted molar refractivity (Wildman–Crippen MR) is 119 cm³/mol. The number of nitrogens with zero attached hydrogens (tertiary/aromatic N) is 3. The summed E-state index contributed by atoms with van der Waals surface area (Å²) >= 11 is 0. The van der Waals surface area contributed by atoms with Gasteiger partial charge in [0.2, 0.25) is 0 Å². The Morgan fingerprint density at radius 3 is 2.52 bits per heavy atom. The molecule has 6 heteroatoms. The zero-order valence-electron chi connectivity index (χ0n) is 17.7. The minimum atomic E-state index is -0.00387. The molecule has 152 valence electrons. The molecule has 0 amide bonds. The standard InChI is InChI=1S/C23H30N6/c1-5-17-9-11-20(12-10-17)23(2,3)15-26-22(24-4)25-14-18-7-6-8-19(13-18)21-27-16-28-29-21/h6-13,16H,5,14-15H2,1-4H3,(H2,24,25,26)(H,27,28,29). The number of H-pyrrole nitrogens is 1. The van der Waals surface area contributed by atoms with Crippen LogP contribution < -0.4 is 10.6 Å². The maximum absolute atomic E-state index is 4.37. The van der Waals surface area contributed by atoms with E-state index in [-0.39, 0.29) is 5.41 Å². The number of hydrogen-bond acceptors (Lipinski definition) is 3. The van der Waals surface area contributed by atoms with Gasteiger partial charge in [0.15, 0.2) is 11.8 Å². The second-order valence-corrected chi connectivity index (χ2v) is 7.75. The van der Waals surface area contributed by atoms with Crippen LogP contribution in [-0.2, 0) is 18.4 Å². The number of aryl methyl sites for hydroxylation is 1. The highest BCUT2D eigenvalue weighted by atomic mass is 15.2. The normalized spacial score (nSPS) is 12.1. The Morgan fingerprint density at radius 1 is 1.07 bits per heavy atom. The second-order valence-electron chi connectivity index (χ2n) is 7.75. The number of guanidine groups is 1. The van der Waals surface area contributed by atoms with Crippen LogP contribution in [0.3, 0.4) is 0 Å². The van der Waals surface area contributed by atoms with Crippen molar-refractivity contribution in [3.63, 3.8) is 0 Å². The van der Waals surface area contributed by atoms with E-state index in [1.165, 1.54) is 17.5 Å². The van der Waals surface area contributed by atoms with E-state index in [0.29, 0.717) is 6.54 Å². The third-order valence-corrected chi connectivity index (χ3v) is 5.14. The van der Waals surface area contributed by atoms with Crippen LogP contribution in [0.5, 0.6) is 0 Å². The lowest BCUT2D eigenvalue weighted by Crippen LogP contribution is -2.43. The third-order valence-electron chi connectivity index (χ3n) is 5.14. The summed E-state index contributed by atoms with van der Waals surface area (Å²) in [5, 5.41) is 13.7. The Morgan fingerprint density at radius 2 is 1.86 bits per heavy atom. The molecular weight excluding hydrogens is 360 g/mol. The van der Waals surface area contributed by atoms with E-state index in [1.54, 1.807) is 7.05 Å². The lowest BCUT2D eigenvalue weighted by Gasteiger charge is -2.27. The molecule has 3 rings (SSSR count). The monoisotopic (exact) mass is 390 g/mol. The van der Waals surface area contributed by atoms with Crippen LogP contribution in [0, 0.1) is 0 Å². The van der Waals surface area contributed by atoms with Gasteiger partial charge in [-0.15, -0.1) is 0 Å². The molecule has 2 aromatic carbocycles. The molecule has 29 heavy (non-hydrogen) atoms. The lowest BCUT2D eigenvalue weighted by molar-refractivity contribution is 0.508. The number of aliphatic imine (C=N–C) groups is 1. The molecule has 1 aromatic heterocycles. The van der Waals surface area contributed by atoms with Gasteiger partial charge in [-0.05, 0) is 29.2 Å². The molecule has 0 aliphatic rings. The molecule has 0 aliphatic carbocycles. The van der Waals surface area contributed by atoms with Crippen molar-refractivity contribution in [2.24, 2.45) is 4.99 Å². The molecule has 3 aromatic rings. The van der Waals surface area contributed by atoms with Crippen LogP contribution >= 0.6 is 0 Å². The molecule has 6 nitrogen and oxygen atoms in total. The second kappa shape index (κ2) is 9.37. The van der Waals surface area contributed by atoms with Gasteiger partial charge in [-0.2, -0.15) is 5.10 Å². The van der Waals surface area contributed by atoms with E-state index in [1.807, 2.05) is 12.1 Å². The molecule has 0 spiro atoms. The van der Waals surface area contributed by atoms with Gasteiger partial charge in [0.1, 0.15) is 6.33 Å². The first-order chi connectivity index (χ1) is 14.0. The quantitative estimate of drug-likeness (QED) is 0.425. The highest BCUT2D eigenvalue weighted by molar-refractivity contribution is 5.79. The van der Waals surface area contributed by atoms with E-state index >= 15 is 0 Å². The van der Waals surface area contributed by atoms with Gasteiger partial charge < -0.3 is 10.6 Å². The SMILES string of the molecule is CCc1ccc(C(C)(C)CNC(=NC)NCc2cccc(-c3ncn[nH]3)c2)cc1. The Kier molecular flexibility index (Phi) is 6.65. The number of benzene rings is 2. The Balaban J connectivity index is 1.57. The fourth-order valence-corrected chi connectivity index (χ4v) is 3.18. The van der Waals surface area contributed by atoms with Crippen LogP contribution in [0.25, 0.3) is 11.4 Å². The van der Waals surface area contributed by atoms with Crippen LogP contribution in [-0.4, -0.2) is 34.7 Å². The Hall–Kier alpha value is -3.15. The largest absolute Gasteiger partial charge is 0.356 e. The first-order valence-electron chi connectivity index (χ1n) is 10.0. The van der Waals surface area contributed by atoms with E-state index in [9.17, 15) is 0 Å². The summed E-state index contributed by atoms with van der Waals surface area (Å²) in [6, 6.07) is 17.1. The van der Waals surface area contributed by atoms with Gasteiger partial charge in [-0.3, -0.25) is 10.1 Å². The topological polar surface area (TPSA) is 78.0 Å². The van der Waals surface area contributed by atoms with Crippen molar-refractivity contribution in [2.45, 2.75) is 39.2 Å². The molecule has 0 saturated carbocycles. The molecule has 0 radical (unpaired) electrons. The average molecular weight is 391 g/mol. The van der Waals surface area contributed by atoms with Crippen molar-refractivity contribution >= 4 is 5.96 Å². The van der Waals surface area contributed by atoms with Crippen LogP contribution in [0.2, 0.25) is 0 Å². The highest BCUT2D eigenvalue weighted by Gasteiger charge is 2.20. The zero-order valence-corrected chi connectivity index (χ0v) is 17.7. The summed E-state index contributed by atoms with van der Waals surface area (Å²) in [6.45, 7) is 8.13. The molecule has 0 unspecified atom stereocenters. The van der Waals surface area contributed by atoms with Crippen molar-refractivity contribution < 1.29 is 0 Å². The smallest absolute Gasteiger partial charge is 0.191 e. The van der Waals surface area contributed by atoms with Crippen LogP contribution in [0.15, 0.2) is 59.9 Å². The average Bonchev–Trinajstić information content (AvgIpc) is 3.29. The predicted octanol–water partition coefficient (Wildman–Crippen LogP) is 3.68. The fourth-order valence-electron chi connectivity index (χ4n) is 3.18. The fraction of sp³-hybridized carbons (Fsp3) is 0.348. The summed E-state index contributed by atoms with van der Waals surface area (Å²) in [4.78, 5) is 8.58. The first-order valence-corrected chi connectivity index (χ1v) is 10.0. The molecule has 0 saturated heterocycles. The molecule has 3 N–H and O–H groups in total. The van der Waals surface area contributed by atoms with Crippen LogP contribution in [0.4, 0.5) is 0 Å². The van der Waals surface area contributed by atoms with E-state index in [4.69, 9.17) is 0 Å². The van der Waals surface area contributed by atoms with Gasteiger partial charge in [0, 0.05) is 31.1 Å². The molecular formula is C23H30N6. The molecule has 0 bridgehead atoms. The van der Waals surface area contributed by atoms with Gasteiger partial charge in [-0.1, -0.05) is 63.2 Å². The number of aromatic amines is 1. The van der Waals surface area contributed by atoms with Gasteiger partial charge in [0.05, 0.1) is 0 Å². The van der Waals surface area contributed by atoms with Crippen LogP contribution in [0.1, 0.15) is 37.5 Å². The molecule has 0 fully saturated rings. The minimum Gasteiger partial charge on any atom is -0.356 e. The Labute approximate surface area is 172 Å². The Bertz CT molecular complexity index is 926. The van der Waals surface area contributed by atoms with Crippen molar-refractivity contribution in [1.82, 2.24) is 25.8 Å². The maximum Gasteiger partial charge on any atom is 0.191 e. The molecule has 0 atom stereocenters. The highest BCUT2D eigenvalue weighted by Crippen LogP contribution is 2.23. The number of aromatic nitrogens is 3. The number of nitrogens with one attached hydrogen (secondary N) is 3. The summed E-state index contributed by atoms with van der Waals surface area (Å²) < 4.78 is 0. The van der Waals surface area contributed by atoms with Crippen molar-refractivity contribution in [1.29, 1.82) is 0 Å². The van der Waals surface area contributed by atoms with Gasteiger partial charge in [-0.25, -0.2) is 4.98 Å². The van der Waals surface area contributed by atoms with Crippen molar-refractivity contribution in [3.05, 3.63) is 71.5 Å². The van der Waals surface area contributed by atoms with Gasteiger partial charge in [0.25, 0.3) is 0 Å². The number of hydrogen-bond donors (Lipinski definition) is 3. The zero-order chi connectivity index (χ0) is 20.7. The van der Waals surface area contributed by atoms with Gasteiger partial charge >= 0.3 is 0 Å². The maximum atomic E-state index is 4.37. The van der Waals surface area contributed by atoms with E-state index in [0.717, 1.165) is 35.9 Å². The minimum absolute atomic E-state index is 0.00387. The van der Waals surface area contributed by atoms with Crippen molar-refractivity contribution in [2.75, 3.05) is 13.6 Å². The van der Waals surface area contributed by atoms with E-state index in [2.05, 4.69) is 88.0 Å². The molecule has 0 aliphatic heterocycles. The lowest BCUT2D eigenvalue weighted by atomic mass is 9.84. The third kappa shape index (κ3) is 5.44. The summed E-state index contributed by atoms with van der Waals surface area (Å²) in [7, 11) is 1.79. The van der Waals surface area contributed by atoms with Crippen molar-refractivity contribution in [3.8, 4) is 11.4 Å². The summed E-state index contributed by atoms with van der Waals surface area (Å²) in [5.74, 6) is 1.55.